The third kappa shape index (κ3) is 12.2. The van der Waals surface area contributed by atoms with Crippen molar-refractivity contribution in [3.63, 3.8) is 0 Å². The Balaban J connectivity index is 0. The van der Waals surface area contributed by atoms with Crippen LogP contribution in [0.4, 0.5) is 0 Å². The van der Waals surface area contributed by atoms with E-state index in [9.17, 15) is 4.79 Å². The summed E-state index contributed by atoms with van der Waals surface area (Å²) in [6, 6.07) is 0. The highest BCUT2D eigenvalue weighted by Gasteiger charge is 1.86. The van der Waals surface area contributed by atoms with Crippen molar-refractivity contribution in [3.8, 4) is 0 Å². The van der Waals surface area contributed by atoms with Gasteiger partial charge in [-0.2, -0.15) is 0 Å². The van der Waals surface area contributed by atoms with Crippen molar-refractivity contribution in [1.82, 2.24) is 0 Å². The predicted octanol–water partition coefficient (Wildman–Crippen LogP) is 3.02. The number of halogens is 1. The van der Waals surface area contributed by atoms with Crippen LogP contribution in [0.25, 0.3) is 0 Å². The number of allylic oxidation sites excluding steroid dienone is 1. The van der Waals surface area contributed by atoms with Crippen LogP contribution in [0.3, 0.4) is 0 Å². The minimum absolute atomic E-state index is 0. The minimum Gasteiger partial charge on any atom is -0.478 e. The van der Waals surface area contributed by atoms with E-state index < -0.39 is 5.97 Å². The Hall–Kier alpha value is -0.500. The lowest BCUT2D eigenvalue weighted by Crippen LogP contribution is -1.85. The molecule has 72 valence electrons. The van der Waals surface area contributed by atoms with Crippen molar-refractivity contribution in [3.05, 3.63) is 12.2 Å². The minimum atomic E-state index is -0.847. The lowest BCUT2D eigenvalue weighted by atomic mass is 10.1. The Morgan fingerprint density at radius 2 is 2.00 bits per heavy atom. The van der Waals surface area contributed by atoms with E-state index >= 15 is 0 Å². The van der Waals surface area contributed by atoms with Crippen molar-refractivity contribution in [2.45, 2.75) is 39.0 Å². The number of unbranched alkanes of at least 4 members (excludes halogenated alkanes) is 4. The normalized spacial score (nSPS) is 9.75. The summed E-state index contributed by atoms with van der Waals surface area (Å²) >= 11 is 0. The largest absolute Gasteiger partial charge is 0.478 e. The molecule has 12 heavy (non-hydrogen) atoms. The summed E-state index contributed by atoms with van der Waals surface area (Å²) in [6.07, 6.45) is 8.62. The average Bonchev–Trinajstić information content (AvgIpc) is 1.96. The molecule has 0 aliphatic carbocycles. The fourth-order valence-electron chi connectivity index (χ4n) is 0.873. The molecule has 0 spiro atoms. The molecule has 0 rings (SSSR count). The van der Waals surface area contributed by atoms with Gasteiger partial charge in [-0.25, -0.2) is 4.79 Å². The first kappa shape index (κ1) is 14.0. The van der Waals surface area contributed by atoms with Crippen LogP contribution in [0.15, 0.2) is 12.2 Å². The first-order valence-electron chi connectivity index (χ1n) is 4.17. The zero-order valence-corrected chi connectivity index (χ0v) is 8.27. The summed E-state index contributed by atoms with van der Waals surface area (Å²) in [7, 11) is 0. The molecule has 3 heteroatoms. The maximum absolute atomic E-state index is 10.0. The second-order valence-corrected chi connectivity index (χ2v) is 2.59. The number of rotatable bonds is 6. The smallest absolute Gasteiger partial charge is 0.327 e. The zero-order chi connectivity index (χ0) is 8.53. The molecule has 0 unspecified atom stereocenters. The maximum Gasteiger partial charge on any atom is 0.327 e. The molecule has 0 heterocycles. The summed E-state index contributed by atoms with van der Waals surface area (Å²) in [5.74, 6) is -0.847. The first-order valence-corrected chi connectivity index (χ1v) is 4.17. The number of carbonyl (C=O) groups is 1. The standard InChI is InChI=1S/C9H16O2.ClH/c1-2-3-4-5-6-7-8-9(10)11;/h7-8H,2-6H2,1H3,(H,10,11);1H. The van der Waals surface area contributed by atoms with Gasteiger partial charge in [-0.3, -0.25) is 0 Å². The van der Waals surface area contributed by atoms with Crippen LogP contribution in [-0.4, -0.2) is 11.1 Å². The molecular formula is C9H17ClO2. The van der Waals surface area contributed by atoms with Gasteiger partial charge in [-0.15, -0.1) is 12.4 Å². The molecule has 0 amide bonds. The van der Waals surface area contributed by atoms with Gasteiger partial charge in [0.1, 0.15) is 0 Å². The molecule has 0 aliphatic heterocycles. The van der Waals surface area contributed by atoms with Gasteiger partial charge in [0.05, 0.1) is 0 Å². The van der Waals surface area contributed by atoms with Gasteiger partial charge < -0.3 is 5.11 Å². The number of carboxylic acids is 1. The molecule has 0 aromatic rings. The quantitative estimate of drug-likeness (QED) is 0.519. The maximum atomic E-state index is 10.0. The fraction of sp³-hybridized carbons (Fsp3) is 0.667. The zero-order valence-electron chi connectivity index (χ0n) is 7.45. The van der Waals surface area contributed by atoms with Crippen LogP contribution in [-0.2, 0) is 4.79 Å². The van der Waals surface area contributed by atoms with E-state index in [1.54, 1.807) is 6.08 Å². The van der Waals surface area contributed by atoms with Crippen LogP contribution in [0.2, 0.25) is 0 Å². The molecule has 0 saturated heterocycles. The van der Waals surface area contributed by atoms with Gasteiger partial charge in [0.15, 0.2) is 0 Å². The summed E-state index contributed by atoms with van der Waals surface area (Å²) in [5, 5.41) is 8.23. The molecule has 2 nitrogen and oxygen atoms in total. The van der Waals surface area contributed by atoms with E-state index in [4.69, 9.17) is 5.11 Å². The second-order valence-electron chi connectivity index (χ2n) is 2.59. The average molecular weight is 193 g/mol. The topological polar surface area (TPSA) is 37.3 Å². The third-order valence-corrected chi connectivity index (χ3v) is 1.48. The molecule has 1 N–H and O–H groups in total. The number of carboxylic acid groups (broad SMARTS) is 1. The van der Waals surface area contributed by atoms with Crippen molar-refractivity contribution < 1.29 is 9.90 Å². The van der Waals surface area contributed by atoms with E-state index in [1.165, 1.54) is 25.3 Å². The summed E-state index contributed by atoms with van der Waals surface area (Å²) < 4.78 is 0. The number of hydrogen-bond donors (Lipinski definition) is 1. The van der Waals surface area contributed by atoms with Crippen LogP contribution in [0, 0.1) is 0 Å². The van der Waals surface area contributed by atoms with Crippen molar-refractivity contribution >= 4 is 18.4 Å². The fourth-order valence-corrected chi connectivity index (χ4v) is 0.873. The van der Waals surface area contributed by atoms with Gasteiger partial charge in [-0.1, -0.05) is 32.3 Å². The Kier molecular flexibility index (Phi) is 12.3. The molecule has 0 bridgehead atoms. The van der Waals surface area contributed by atoms with Crippen molar-refractivity contribution in [2.75, 3.05) is 0 Å². The van der Waals surface area contributed by atoms with Gasteiger partial charge in [0.25, 0.3) is 0 Å². The molecule has 0 aromatic carbocycles. The molecule has 0 radical (unpaired) electrons. The first-order chi connectivity index (χ1) is 5.27. The third-order valence-electron chi connectivity index (χ3n) is 1.48. The van der Waals surface area contributed by atoms with Crippen LogP contribution >= 0.6 is 12.4 Å². The summed E-state index contributed by atoms with van der Waals surface area (Å²) in [6.45, 7) is 2.16. The Morgan fingerprint density at radius 3 is 2.50 bits per heavy atom. The van der Waals surface area contributed by atoms with Gasteiger partial charge in [-0.05, 0) is 12.8 Å². The van der Waals surface area contributed by atoms with E-state index in [2.05, 4.69) is 6.92 Å². The van der Waals surface area contributed by atoms with Crippen molar-refractivity contribution in [2.24, 2.45) is 0 Å². The Bertz CT molecular complexity index is 132. The van der Waals surface area contributed by atoms with E-state index in [-0.39, 0.29) is 12.4 Å². The SMILES string of the molecule is CCCCCCC=CC(=O)O.Cl. The lowest BCUT2D eigenvalue weighted by molar-refractivity contribution is -0.131. The molecule has 0 atom stereocenters. The molecule has 0 aromatic heterocycles. The summed E-state index contributed by atoms with van der Waals surface area (Å²) in [4.78, 5) is 10.0. The van der Waals surface area contributed by atoms with Gasteiger partial charge >= 0.3 is 5.97 Å². The van der Waals surface area contributed by atoms with Crippen LogP contribution in [0.1, 0.15) is 39.0 Å². The highest BCUT2D eigenvalue weighted by molar-refractivity contribution is 5.85. The summed E-state index contributed by atoms with van der Waals surface area (Å²) in [5.41, 5.74) is 0. The van der Waals surface area contributed by atoms with Gasteiger partial charge in [0.2, 0.25) is 0 Å². The number of aliphatic carboxylic acids is 1. The Morgan fingerprint density at radius 1 is 1.33 bits per heavy atom. The van der Waals surface area contributed by atoms with Crippen molar-refractivity contribution in [1.29, 1.82) is 0 Å². The van der Waals surface area contributed by atoms with Gasteiger partial charge in [0, 0.05) is 6.08 Å². The lowest BCUT2D eigenvalue weighted by Gasteiger charge is -1.92. The number of hydrogen-bond acceptors (Lipinski definition) is 1. The van der Waals surface area contributed by atoms with E-state index in [0.717, 1.165) is 12.8 Å². The van der Waals surface area contributed by atoms with Crippen LogP contribution in [0.5, 0.6) is 0 Å². The van der Waals surface area contributed by atoms with E-state index in [1.807, 2.05) is 0 Å². The molecule has 0 fully saturated rings. The highest BCUT2D eigenvalue weighted by Crippen LogP contribution is 2.02. The predicted molar refractivity (Wildman–Crippen MR) is 52.8 cm³/mol. The molecular weight excluding hydrogens is 176 g/mol. The molecule has 0 saturated carbocycles. The highest BCUT2D eigenvalue weighted by atomic mass is 35.5. The van der Waals surface area contributed by atoms with E-state index in [0.29, 0.717) is 0 Å². The second kappa shape index (κ2) is 10.5. The monoisotopic (exact) mass is 192 g/mol. The molecule has 0 aliphatic rings. The Labute approximate surface area is 80.1 Å². The van der Waals surface area contributed by atoms with Crippen LogP contribution < -0.4 is 0 Å².